The van der Waals surface area contributed by atoms with E-state index in [2.05, 4.69) is 13.5 Å². The van der Waals surface area contributed by atoms with Gasteiger partial charge in [0.15, 0.2) is 0 Å². The second kappa shape index (κ2) is 5.83. The largest absolute Gasteiger partial charge is 0.389 e. The van der Waals surface area contributed by atoms with Crippen LogP contribution in [-0.2, 0) is 0 Å². The van der Waals surface area contributed by atoms with Gasteiger partial charge in [-0.15, -0.1) is 6.58 Å². The fourth-order valence-corrected chi connectivity index (χ4v) is 0.721. The Morgan fingerprint density at radius 3 is 2.67 bits per heavy atom. The molecule has 0 aliphatic heterocycles. The zero-order chi connectivity index (χ0) is 7.11. The maximum absolute atomic E-state index is 8.97. The molecule has 0 saturated carbocycles. The molecule has 0 aromatic carbocycles. The Morgan fingerprint density at radius 2 is 2.22 bits per heavy atom. The first kappa shape index (κ1) is 8.70. The quantitative estimate of drug-likeness (QED) is 0.444. The predicted octanol–water partition coefficient (Wildman–Crippen LogP) is 2.11. The lowest BCUT2D eigenvalue weighted by molar-refractivity contribution is 0.208. The van der Waals surface area contributed by atoms with Crippen molar-refractivity contribution in [2.45, 2.75) is 38.7 Å². The van der Waals surface area contributed by atoms with E-state index in [1.807, 2.05) is 0 Å². The van der Waals surface area contributed by atoms with Gasteiger partial charge >= 0.3 is 0 Å². The van der Waals surface area contributed by atoms with Gasteiger partial charge in [0.2, 0.25) is 0 Å². The average Bonchev–Trinajstić information content (AvgIpc) is 1.89. The standard InChI is InChI=1S/C8H16O/c1-3-5-6-7-8(9)4-2/h4,8-9H,2-3,5-7H2,1H3/t8-/m0/s1. The fourth-order valence-electron chi connectivity index (χ4n) is 0.721. The molecule has 0 aliphatic carbocycles. The van der Waals surface area contributed by atoms with Gasteiger partial charge in [-0.3, -0.25) is 0 Å². The van der Waals surface area contributed by atoms with Crippen LogP contribution in [0.5, 0.6) is 0 Å². The summed E-state index contributed by atoms with van der Waals surface area (Å²) in [5, 5.41) is 8.97. The van der Waals surface area contributed by atoms with Gasteiger partial charge in [0.25, 0.3) is 0 Å². The van der Waals surface area contributed by atoms with E-state index in [9.17, 15) is 0 Å². The molecule has 0 unspecified atom stereocenters. The van der Waals surface area contributed by atoms with Gasteiger partial charge in [0, 0.05) is 0 Å². The highest BCUT2D eigenvalue weighted by Crippen LogP contribution is 2.02. The lowest BCUT2D eigenvalue weighted by Gasteiger charge is -2.01. The monoisotopic (exact) mass is 128 g/mol. The molecule has 0 radical (unpaired) electrons. The van der Waals surface area contributed by atoms with Crippen LogP contribution in [0, 0.1) is 0 Å². The smallest absolute Gasteiger partial charge is 0.0718 e. The lowest BCUT2D eigenvalue weighted by Crippen LogP contribution is -1.99. The summed E-state index contributed by atoms with van der Waals surface area (Å²) in [6, 6.07) is 0. The van der Waals surface area contributed by atoms with Crippen molar-refractivity contribution in [1.82, 2.24) is 0 Å². The molecule has 0 aromatic rings. The number of unbranched alkanes of at least 4 members (excludes halogenated alkanes) is 2. The number of hydrogen-bond acceptors (Lipinski definition) is 1. The molecule has 1 nitrogen and oxygen atoms in total. The molecule has 54 valence electrons. The molecule has 0 heterocycles. The van der Waals surface area contributed by atoms with Crippen molar-refractivity contribution >= 4 is 0 Å². The summed E-state index contributed by atoms with van der Waals surface area (Å²) in [5.41, 5.74) is 0. The minimum absolute atomic E-state index is 0.281. The Balaban J connectivity index is 2.96. The summed E-state index contributed by atoms with van der Waals surface area (Å²) in [6.45, 7) is 5.64. The van der Waals surface area contributed by atoms with E-state index in [1.165, 1.54) is 12.8 Å². The average molecular weight is 128 g/mol. The molecule has 1 N–H and O–H groups in total. The lowest BCUT2D eigenvalue weighted by atomic mass is 10.1. The van der Waals surface area contributed by atoms with Gasteiger partial charge in [0.1, 0.15) is 0 Å². The molecule has 0 rings (SSSR count). The Kier molecular flexibility index (Phi) is 5.64. The second-order valence-electron chi connectivity index (χ2n) is 2.30. The maximum atomic E-state index is 8.97. The van der Waals surface area contributed by atoms with Crippen LogP contribution >= 0.6 is 0 Å². The van der Waals surface area contributed by atoms with Crippen molar-refractivity contribution in [3.63, 3.8) is 0 Å². The zero-order valence-electron chi connectivity index (χ0n) is 6.14. The molecule has 1 heteroatoms. The molecule has 9 heavy (non-hydrogen) atoms. The summed E-state index contributed by atoms with van der Waals surface area (Å²) >= 11 is 0. The molecule has 0 amide bonds. The zero-order valence-corrected chi connectivity index (χ0v) is 6.14. The van der Waals surface area contributed by atoms with Crippen LogP contribution in [0.4, 0.5) is 0 Å². The SMILES string of the molecule is C=C[C@H](O)CCCCC. The van der Waals surface area contributed by atoms with Crippen LogP contribution in [0.3, 0.4) is 0 Å². The topological polar surface area (TPSA) is 20.2 Å². The van der Waals surface area contributed by atoms with Crippen LogP contribution < -0.4 is 0 Å². The third kappa shape index (κ3) is 5.57. The number of rotatable bonds is 5. The highest BCUT2D eigenvalue weighted by Gasteiger charge is 1.94. The van der Waals surface area contributed by atoms with E-state index in [0.29, 0.717) is 0 Å². The fraction of sp³-hybridized carbons (Fsp3) is 0.750. The van der Waals surface area contributed by atoms with E-state index >= 15 is 0 Å². The van der Waals surface area contributed by atoms with Crippen molar-refractivity contribution in [2.24, 2.45) is 0 Å². The second-order valence-corrected chi connectivity index (χ2v) is 2.30. The molecule has 0 aliphatic rings. The summed E-state index contributed by atoms with van der Waals surface area (Å²) in [6.07, 6.45) is 5.72. The van der Waals surface area contributed by atoms with Crippen LogP contribution in [0.1, 0.15) is 32.6 Å². The van der Waals surface area contributed by atoms with Gasteiger partial charge in [-0.25, -0.2) is 0 Å². The molecular weight excluding hydrogens is 112 g/mol. The van der Waals surface area contributed by atoms with Crippen molar-refractivity contribution in [2.75, 3.05) is 0 Å². The third-order valence-electron chi connectivity index (χ3n) is 1.38. The Morgan fingerprint density at radius 1 is 1.56 bits per heavy atom. The third-order valence-corrected chi connectivity index (χ3v) is 1.38. The van der Waals surface area contributed by atoms with E-state index in [1.54, 1.807) is 6.08 Å². The first-order valence-corrected chi connectivity index (χ1v) is 3.62. The summed E-state index contributed by atoms with van der Waals surface area (Å²) in [5.74, 6) is 0. The van der Waals surface area contributed by atoms with Gasteiger partial charge in [0.05, 0.1) is 6.10 Å². The Bertz CT molecular complexity index is 69.0. The Labute approximate surface area is 57.4 Å². The van der Waals surface area contributed by atoms with Gasteiger partial charge in [-0.1, -0.05) is 32.3 Å². The van der Waals surface area contributed by atoms with Gasteiger partial charge in [-0.05, 0) is 6.42 Å². The van der Waals surface area contributed by atoms with Crippen molar-refractivity contribution in [3.05, 3.63) is 12.7 Å². The molecule has 0 spiro atoms. The number of hydrogen-bond donors (Lipinski definition) is 1. The van der Waals surface area contributed by atoms with Crippen molar-refractivity contribution < 1.29 is 5.11 Å². The molecule has 1 atom stereocenters. The van der Waals surface area contributed by atoms with E-state index in [4.69, 9.17) is 5.11 Å². The minimum atomic E-state index is -0.281. The highest BCUT2D eigenvalue weighted by atomic mass is 16.3. The van der Waals surface area contributed by atoms with Gasteiger partial charge < -0.3 is 5.11 Å². The summed E-state index contributed by atoms with van der Waals surface area (Å²) in [4.78, 5) is 0. The summed E-state index contributed by atoms with van der Waals surface area (Å²) in [7, 11) is 0. The summed E-state index contributed by atoms with van der Waals surface area (Å²) < 4.78 is 0. The molecule has 0 fully saturated rings. The van der Waals surface area contributed by atoms with Crippen molar-refractivity contribution in [1.29, 1.82) is 0 Å². The van der Waals surface area contributed by atoms with Crippen LogP contribution in [-0.4, -0.2) is 11.2 Å². The molecule has 0 bridgehead atoms. The molecule has 0 saturated heterocycles. The van der Waals surface area contributed by atoms with E-state index in [-0.39, 0.29) is 6.10 Å². The Hall–Kier alpha value is -0.300. The van der Waals surface area contributed by atoms with Crippen LogP contribution in [0.2, 0.25) is 0 Å². The molecular formula is C8H16O. The van der Waals surface area contributed by atoms with E-state index in [0.717, 1.165) is 12.8 Å². The normalized spacial score (nSPS) is 13.1. The highest BCUT2D eigenvalue weighted by molar-refractivity contribution is 4.77. The van der Waals surface area contributed by atoms with Crippen molar-refractivity contribution in [3.8, 4) is 0 Å². The first-order valence-electron chi connectivity index (χ1n) is 3.62. The predicted molar refractivity (Wildman–Crippen MR) is 40.3 cm³/mol. The minimum Gasteiger partial charge on any atom is -0.389 e. The first-order chi connectivity index (χ1) is 4.31. The maximum Gasteiger partial charge on any atom is 0.0718 e. The number of aliphatic hydroxyl groups is 1. The number of aliphatic hydroxyl groups excluding tert-OH is 1. The van der Waals surface area contributed by atoms with Crippen LogP contribution in [0.25, 0.3) is 0 Å². The van der Waals surface area contributed by atoms with E-state index < -0.39 is 0 Å². The molecule has 0 aromatic heterocycles. The van der Waals surface area contributed by atoms with Gasteiger partial charge in [-0.2, -0.15) is 0 Å². The van der Waals surface area contributed by atoms with Crippen LogP contribution in [0.15, 0.2) is 12.7 Å².